The summed E-state index contributed by atoms with van der Waals surface area (Å²) >= 11 is 0. The molecule has 0 aromatic carbocycles. The van der Waals surface area contributed by atoms with E-state index >= 15 is 0 Å². The number of β-amino-alcohol motifs (C(OH)–C–C–N with tert-alkyl or cyclic N) is 1. The van der Waals surface area contributed by atoms with Crippen LogP contribution in [0.3, 0.4) is 0 Å². The van der Waals surface area contributed by atoms with Crippen molar-refractivity contribution in [3.63, 3.8) is 0 Å². The fourth-order valence-corrected chi connectivity index (χ4v) is 2.74. The van der Waals surface area contributed by atoms with Gasteiger partial charge in [-0.2, -0.15) is 0 Å². The average molecular weight is 325 g/mol. The monoisotopic (exact) mass is 325 g/mol. The number of carbonyl (C=O) groups excluding carboxylic acids is 1. The number of rotatable bonds is 2. The molecule has 3 N–H and O–H groups in total. The Morgan fingerprint density at radius 2 is 2.09 bits per heavy atom. The van der Waals surface area contributed by atoms with Gasteiger partial charge in [-0.1, -0.05) is 0 Å². The number of ether oxygens (including phenoxy) is 1. The summed E-state index contributed by atoms with van der Waals surface area (Å²) in [5.74, 6) is 1.23. The second-order valence-electron chi connectivity index (χ2n) is 7.25. The van der Waals surface area contributed by atoms with Gasteiger partial charge in [0.1, 0.15) is 17.0 Å². The smallest absolute Gasteiger partial charge is 0.410 e. The van der Waals surface area contributed by atoms with Gasteiger partial charge in [0, 0.05) is 13.6 Å². The van der Waals surface area contributed by atoms with Gasteiger partial charge in [-0.3, -0.25) is 0 Å². The SMILES string of the molecule is Cc1nnc(C(N)C2(O)CCCN(C(=O)OC(C)(C)C)C2)n1C. The van der Waals surface area contributed by atoms with E-state index in [2.05, 4.69) is 10.2 Å². The van der Waals surface area contributed by atoms with Crippen molar-refractivity contribution in [2.75, 3.05) is 13.1 Å². The van der Waals surface area contributed by atoms with E-state index in [1.807, 2.05) is 34.7 Å². The topological polar surface area (TPSA) is 106 Å². The first kappa shape index (κ1) is 17.7. The van der Waals surface area contributed by atoms with Crippen LogP contribution in [0.5, 0.6) is 0 Å². The van der Waals surface area contributed by atoms with Crippen LogP contribution < -0.4 is 5.73 Å². The third kappa shape index (κ3) is 3.81. The highest BCUT2D eigenvalue weighted by Gasteiger charge is 2.43. The quantitative estimate of drug-likeness (QED) is 0.836. The van der Waals surface area contributed by atoms with Crippen LogP contribution in [-0.4, -0.2) is 55.2 Å². The number of nitrogens with zero attached hydrogens (tertiary/aromatic N) is 4. The summed E-state index contributed by atoms with van der Waals surface area (Å²) in [6, 6.07) is -0.723. The summed E-state index contributed by atoms with van der Waals surface area (Å²) in [6.07, 6.45) is 0.719. The minimum Gasteiger partial charge on any atom is -0.444 e. The van der Waals surface area contributed by atoms with E-state index in [0.717, 1.165) is 5.82 Å². The fourth-order valence-electron chi connectivity index (χ4n) is 2.74. The molecule has 8 heteroatoms. The molecule has 23 heavy (non-hydrogen) atoms. The molecule has 2 atom stereocenters. The predicted octanol–water partition coefficient (Wildman–Crippen LogP) is 0.885. The summed E-state index contributed by atoms with van der Waals surface area (Å²) in [4.78, 5) is 13.8. The van der Waals surface area contributed by atoms with E-state index in [-0.39, 0.29) is 6.54 Å². The third-order valence-corrected chi connectivity index (χ3v) is 4.14. The lowest BCUT2D eigenvalue weighted by Gasteiger charge is -2.42. The van der Waals surface area contributed by atoms with E-state index in [1.54, 1.807) is 4.57 Å². The van der Waals surface area contributed by atoms with Crippen molar-refractivity contribution in [2.24, 2.45) is 12.8 Å². The van der Waals surface area contributed by atoms with Crippen LogP contribution in [0.15, 0.2) is 0 Å². The van der Waals surface area contributed by atoms with Gasteiger partial charge in [-0.25, -0.2) is 4.79 Å². The summed E-state index contributed by atoms with van der Waals surface area (Å²) in [6.45, 7) is 7.93. The zero-order valence-electron chi connectivity index (χ0n) is 14.5. The number of amides is 1. The minimum atomic E-state index is -1.25. The molecular formula is C15H27N5O3. The van der Waals surface area contributed by atoms with Crippen LogP contribution in [0.25, 0.3) is 0 Å². The van der Waals surface area contributed by atoms with Crippen LogP contribution >= 0.6 is 0 Å². The number of hydrogen-bond donors (Lipinski definition) is 2. The number of piperidine rings is 1. The molecule has 1 amide bonds. The summed E-state index contributed by atoms with van der Waals surface area (Å²) in [7, 11) is 1.81. The average Bonchev–Trinajstić information content (AvgIpc) is 2.76. The molecule has 1 aliphatic heterocycles. The maximum atomic E-state index is 12.3. The Hall–Kier alpha value is -1.67. The van der Waals surface area contributed by atoms with Crippen LogP contribution in [0.2, 0.25) is 0 Å². The van der Waals surface area contributed by atoms with E-state index in [9.17, 15) is 9.90 Å². The Morgan fingerprint density at radius 3 is 2.61 bits per heavy atom. The number of likely N-dealkylation sites (tertiary alicyclic amines) is 1. The van der Waals surface area contributed by atoms with Crippen molar-refractivity contribution in [3.8, 4) is 0 Å². The van der Waals surface area contributed by atoms with Gasteiger partial charge in [0.05, 0.1) is 12.6 Å². The number of carbonyl (C=O) groups is 1. The first-order chi connectivity index (χ1) is 10.5. The van der Waals surface area contributed by atoms with E-state index in [4.69, 9.17) is 10.5 Å². The molecule has 130 valence electrons. The van der Waals surface area contributed by atoms with Gasteiger partial charge in [0.15, 0.2) is 5.82 Å². The van der Waals surface area contributed by atoms with Gasteiger partial charge < -0.3 is 25.0 Å². The molecule has 1 aliphatic rings. The van der Waals surface area contributed by atoms with Crippen molar-refractivity contribution in [1.29, 1.82) is 0 Å². The highest BCUT2D eigenvalue weighted by Crippen LogP contribution is 2.32. The molecule has 2 unspecified atom stereocenters. The van der Waals surface area contributed by atoms with Gasteiger partial charge in [0.2, 0.25) is 0 Å². The molecule has 0 bridgehead atoms. The highest BCUT2D eigenvalue weighted by atomic mass is 16.6. The lowest BCUT2D eigenvalue weighted by Crippen LogP contribution is -2.56. The molecule has 1 aromatic rings. The highest BCUT2D eigenvalue weighted by molar-refractivity contribution is 5.68. The number of aromatic nitrogens is 3. The Labute approximate surface area is 136 Å². The molecule has 2 heterocycles. The standard InChI is InChI=1S/C15H27N5O3/c1-10-17-18-12(19(10)5)11(16)15(22)7-6-8-20(9-15)13(21)23-14(2,3)4/h11,22H,6-9,16H2,1-5H3. The van der Waals surface area contributed by atoms with Gasteiger partial charge in [-0.05, 0) is 40.5 Å². The Kier molecular flexibility index (Phi) is 4.68. The van der Waals surface area contributed by atoms with E-state index in [1.165, 1.54) is 4.90 Å². The lowest BCUT2D eigenvalue weighted by atomic mass is 9.85. The largest absolute Gasteiger partial charge is 0.444 e. The first-order valence-electron chi connectivity index (χ1n) is 7.85. The normalized spacial score (nSPS) is 23.7. The molecule has 0 spiro atoms. The maximum absolute atomic E-state index is 12.3. The maximum Gasteiger partial charge on any atom is 0.410 e. The number of hydrogen-bond acceptors (Lipinski definition) is 6. The molecule has 0 saturated carbocycles. The summed E-state index contributed by atoms with van der Waals surface area (Å²) in [5, 5.41) is 19.0. The molecule has 1 fully saturated rings. The second-order valence-corrected chi connectivity index (χ2v) is 7.25. The number of nitrogens with two attached hydrogens (primary N) is 1. The van der Waals surface area contributed by atoms with Crippen molar-refractivity contribution >= 4 is 6.09 Å². The predicted molar refractivity (Wildman–Crippen MR) is 84.7 cm³/mol. The minimum absolute atomic E-state index is 0.120. The molecule has 0 aliphatic carbocycles. The molecular weight excluding hydrogens is 298 g/mol. The van der Waals surface area contributed by atoms with Gasteiger partial charge in [0.25, 0.3) is 0 Å². The van der Waals surface area contributed by atoms with Crippen LogP contribution in [0, 0.1) is 6.92 Å². The zero-order valence-corrected chi connectivity index (χ0v) is 14.5. The van der Waals surface area contributed by atoms with Crippen LogP contribution in [0.1, 0.15) is 51.3 Å². The molecule has 1 saturated heterocycles. The molecule has 1 aromatic heterocycles. The first-order valence-corrected chi connectivity index (χ1v) is 7.85. The Balaban J connectivity index is 2.15. The van der Waals surface area contributed by atoms with E-state index < -0.39 is 23.3 Å². The van der Waals surface area contributed by atoms with Crippen molar-refractivity contribution in [3.05, 3.63) is 11.6 Å². The van der Waals surface area contributed by atoms with Crippen LogP contribution in [0.4, 0.5) is 4.79 Å². The fraction of sp³-hybridized carbons (Fsp3) is 0.800. The van der Waals surface area contributed by atoms with Gasteiger partial charge in [-0.15, -0.1) is 10.2 Å². The van der Waals surface area contributed by atoms with Crippen molar-refractivity contribution < 1.29 is 14.6 Å². The number of aryl methyl sites for hydroxylation is 1. The lowest BCUT2D eigenvalue weighted by molar-refractivity contribution is -0.0594. The summed E-state index contributed by atoms with van der Waals surface area (Å²) in [5.41, 5.74) is 4.43. The molecule has 0 radical (unpaired) electrons. The zero-order chi connectivity index (χ0) is 17.4. The van der Waals surface area contributed by atoms with Crippen LogP contribution in [-0.2, 0) is 11.8 Å². The van der Waals surface area contributed by atoms with E-state index in [0.29, 0.717) is 25.2 Å². The van der Waals surface area contributed by atoms with Crippen molar-refractivity contribution in [1.82, 2.24) is 19.7 Å². The second kappa shape index (κ2) is 6.09. The molecule has 8 nitrogen and oxygen atoms in total. The summed E-state index contributed by atoms with van der Waals surface area (Å²) < 4.78 is 7.14. The Morgan fingerprint density at radius 1 is 1.43 bits per heavy atom. The van der Waals surface area contributed by atoms with Gasteiger partial charge >= 0.3 is 6.09 Å². The number of aliphatic hydroxyl groups is 1. The third-order valence-electron chi connectivity index (χ3n) is 4.14. The Bertz CT molecular complexity index is 580. The van der Waals surface area contributed by atoms with Crippen molar-refractivity contribution in [2.45, 2.75) is 57.8 Å². The molecule has 2 rings (SSSR count).